The first-order valence-corrected chi connectivity index (χ1v) is 11.6. The van der Waals surface area contributed by atoms with E-state index in [4.69, 9.17) is 21.3 Å². The molecule has 8 heteroatoms. The predicted octanol–water partition coefficient (Wildman–Crippen LogP) is 4.54. The monoisotopic (exact) mass is 573 g/mol. The van der Waals surface area contributed by atoms with E-state index in [2.05, 4.69) is 55.6 Å². The van der Waals surface area contributed by atoms with Crippen LogP contribution in [0.15, 0.2) is 29.3 Å². The van der Waals surface area contributed by atoms with Gasteiger partial charge >= 0.3 is 0 Å². The number of aryl methyl sites for hydroxylation is 2. The highest BCUT2D eigenvalue weighted by molar-refractivity contribution is 14.0. The van der Waals surface area contributed by atoms with Crippen LogP contribution in [0.25, 0.3) is 0 Å². The molecule has 0 amide bonds. The second kappa shape index (κ2) is 12.2. The highest BCUT2D eigenvalue weighted by Gasteiger charge is 2.34. The van der Waals surface area contributed by atoms with Crippen molar-refractivity contribution in [2.75, 3.05) is 26.3 Å². The molecule has 1 aliphatic rings. The van der Waals surface area contributed by atoms with Gasteiger partial charge in [-0.1, -0.05) is 23.7 Å². The Hall–Kier alpha value is -1.32. The van der Waals surface area contributed by atoms with Gasteiger partial charge in [0.25, 0.3) is 0 Å². The normalized spacial score (nSPS) is 16.9. The molecule has 1 fully saturated rings. The van der Waals surface area contributed by atoms with Gasteiger partial charge in [0.15, 0.2) is 5.96 Å². The van der Waals surface area contributed by atoms with Gasteiger partial charge in [0, 0.05) is 49.0 Å². The van der Waals surface area contributed by atoms with Gasteiger partial charge in [-0.15, -0.1) is 24.0 Å². The average molecular weight is 574 g/mol. The van der Waals surface area contributed by atoms with Crippen molar-refractivity contribution in [3.63, 3.8) is 0 Å². The van der Waals surface area contributed by atoms with Gasteiger partial charge in [-0.3, -0.25) is 9.67 Å². The van der Waals surface area contributed by atoms with E-state index in [1.54, 1.807) is 0 Å². The fourth-order valence-electron chi connectivity index (χ4n) is 4.37. The third kappa shape index (κ3) is 6.60. The number of rotatable bonds is 7. The van der Waals surface area contributed by atoms with Crippen molar-refractivity contribution in [2.24, 2.45) is 12.0 Å². The lowest BCUT2D eigenvalue weighted by atomic mass is 9.74. The van der Waals surface area contributed by atoms with E-state index in [0.29, 0.717) is 6.54 Å². The molecule has 6 nitrogen and oxygen atoms in total. The molecule has 178 valence electrons. The van der Waals surface area contributed by atoms with Gasteiger partial charge in [-0.25, -0.2) is 0 Å². The van der Waals surface area contributed by atoms with E-state index >= 15 is 0 Å². The lowest BCUT2D eigenvalue weighted by Crippen LogP contribution is -2.45. The van der Waals surface area contributed by atoms with Crippen molar-refractivity contribution >= 4 is 41.5 Å². The Morgan fingerprint density at radius 2 is 2.03 bits per heavy atom. The van der Waals surface area contributed by atoms with Crippen molar-refractivity contribution in [2.45, 2.75) is 58.4 Å². The number of hydrogen-bond acceptors (Lipinski definition) is 3. The largest absolute Gasteiger partial charge is 0.381 e. The zero-order valence-corrected chi connectivity index (χ0v) is 23.0. The van der Waals surface area contributed by atoms with Crippen molar-refractivity contribution in [1.82, 2.24) is 20.4 Å². The standard InChI is InChI=1S/C24H36ClN5O.HI/c1-6-26-23(28-17(2)14-22-18(3)29-30(5)19(22)4)27-16-24(10-12-31-13-11-24)20-8-7-9-21(25)15-20;/h7-9,15,17H,6,10-14,16H2,1-5H3,(H2,26,27,28);1H. The zero-order chi connectivity index (χ0) is 22.4. The smallest absolute Gasteiger partial charge is 0.191 e. The Kier molecular flexibility index (Phi) is 10.3. The minimum atomic E-state index is -0.0503. The summed E-state index contributed by atoms with van der Waals surface area (Å²) in [6.45, 7) is 11.5. The average Bonchev–Trinajstić information content (AvgIpc) is 2.99. The first kappa shape index (κ1) is 26.9. The quantitative estimate of drug-likeness (QED) is 0.290. The Bertz CT molecular complexity index is 908. The molecule has 2 heterocycles. The second-order valence-corrected chi connectivity index (χ2v) is 9.06. The van der Waals surface area contributed by atoms with Crippen molar-refractivity contribution in [3.8, 4) is 0 Å². The predicted molar refractivity (Wildman–Crippen MR) is 144 cm³/mol. The molecule has 0 bridgehead atoms. The lowest BCUT2D eigenvalue weighted by Gasteiger charge is -2.37. The van der Waals surface area contributed by atoms with E-state index in [0.717, 1.165) is 55.7 Å². The Morgan fingerprint density at radius 1 is 1.31 bits per heavy atom. The summed E-state index contributed by atoms with van der Waals surface area (Å²) in [7, 11) is 2.00. The van der Waals surface area contributed by atoms with E-state index < -0.39 is 0 Å². The van der Waals surface area contributed by atoms with Crippen LogP contribution in [-0.2, 0) is 23.6 Å². The number of hydrogen-bond donors (Lipinski definition) is 2. The number of aliphatic imine (C=N–C) groups is 1. The first-order valence-electron chi connectivity index (χ1n) is 11.2. The maximum atomic E-state index is 6.31. The van der Waals surface area contributed by atoms with Crippen molar-refractivity contribution in [1.29, 1.82) is 0 Å². The van der Waals surface area contributed by atoms with Crippen molar-refractivity contribution in [3.05, 3.63) is 51.8 Å². The van der Waals surface area contributed by atoms with Gasteiger partial charge in [0.05, 0.1) is 12.2 Å². The zero-order valence-electron chi connectivity index (χ0n) is 19.9. The number of halogens is 2. The minimum Gasteiger partial charge on any atom is -0.381 e. The Morgan fingerprint density at radius 3 is 2.62 bits per heavy atom. The molecule has 2 aromatic rings. The molecule has 32 heavy (non-hydrogen) atoms. The molecule has 1 atom stereocenters. The molecule has 1 saturated heterocycles. The minimum absolute atomic E-state index is 0. The molecule has 0 saturated carbocycles. The lowest BCUT2D eigenvalue weighted by molar-refractivity contribution is 0.0531. The molecule has 1 aliphatic heterocycles. The van der Waals surface area contributed by atoms with E-state index in [-0.39, 0.29) is 35.4 Å². The molecule has 1 aromatic heterocycles. The maximum absolute atomic E-state index is 6.31. The van der Waals surface area contributed by atoms with Crippen LogP contribution < -0.4 is 10.6 Å². The number of nitrogens with one attached hydrogen (secondary N) is 2. The fourth-order valence-corrected chi connectivity index (χ4v) is 4.56. The van der Waals surface area contributed by atoms with Gasteiger partial charge in [-0.2, -0.15) is 5.10 Å². The summed E-state index contributed by atoms with van der Waals surface area (Å²) in [6.07, 6.45) is 2.79. The number of aromatic nitrogens is 2. The van der Waals surface area contributed by atoms with Crippen LogP contribution in [0, 0.1) is 13.8 Å². The van der Waals surface area contributed by atoms with Crippen LogP contribution in [0.5, 0.6) is 0 Å². The highest BCUT2D eigenvalue weighted by Crippen LogP contribution is 2.36. The molecule has 0 spiro atoms. The van der Waals surface area contributed by atoms with Crippen LogP contribution in [0.2, 0.25) is 5.02 Å². The van der Waals surface area contributed by atoms with Crippen LogP contribution in [-0.4, -0.2) is 48.1 Å². The summed E-state index contributed by atoms with van der Waals surface area (Å²) >= 11 is 6.31. The Labute approximate surface area is 214 Å². The molecule has 0 aliphatic carbocycles. The van der Waals surface area contributed by atoms with E-state index in [9.17, 15) is 0 Å². The molecule has 1 aromatic carbocycles. The number of benzene rings is 1. The second-order valence-electron chi connectivity index (χ2n) is 8.62. The van der Waals surface area contributed by atoms with Gasteiger partial charge in [0.2, 0.25) is 0 Å². The number of ether oxygens (including phenoxy) is 1. The SMILES string of the molecule is CCNC(=NCC1(c2cccc(Cl)c2)CCOCC1)NC(C)Cc1c(C)nn(C)c1C.I. The third-order valence-electron chi connectivity index (χ3n) is 6.32. The molecule has 3 rings (SSSR count). The highest BCUT2D eigenvalue weighted by atomic mass is 127. The summed E-state index contributed by atoms with van der Waals surface area (Å²) in [5.74, 6) is 0.849. The topological polar surface area (TPSA) is 63.5 Å². The molecule has 1 unspecified atom stereocenters. The van der Waals surface area contributed by atoms with Crippen LogP contribution in [0.3, 0.4) is 0 Å². The van der Waals surface area contributed by atoms with Crippen molar-refractivity contribution < 1.29 is 4.74 Å². The summed E-state index contributed by atoms with van der Waals surface area (Å²) in [4.78, 5) is 5.02. The van der Waals surface area contributed by atoms with E-state index in [1.807, 2.05) is 23.9 Å². The Balaban J connectivity index is 0.00000363. The summed E-state index contributed by atoms with van der Waals surface area (Å²) < 4.78 is 7.62. The fraction of sp³-hybridized carbons (Fsp3) is 0.583. The van der Waals surface area contributed by atoms with Crippen LogP contribution in [0.4, 0.5) is 0 Å². The van der Waals surface area contributed by atoms with Gasteiger partial charge in [0.1, 0.15) is 0 Å². The summed E-state index contributed by atoms with van der Waals surface area (Å²) in [6, 6.07) is 8.44. The number of guanidine groups is 1. The van der Waals surface area contributed by atoms with Crippen LogP contribution in [0.1, 0.15) is 49.2 Å². The van der Waals surface area contributed by atoms with Gasteiger partial charge < -0.3 is 15.4 Å². The molecular formula is C24H37ClIN5O. The maximum Gasteiger partial charge on any atom is 0.191 e. The molecular weight excluding hydrogens is 537 g/mol. The summed E-state index contributed by atoms with van der Waals surface area (Å²) in [5.41, 5.74) is 4.81. The first-order chi connectivity index (χ1) is 14.8. The summed E-state index contributed by atoms with van der Waals surface area (Å²) in [5, 5.41) is 12.3. The molecule has 0 radical (unpaired) electrons. The van der Waals surface area contributed by atoms with E-state index in [1.165, 1.54) is 16.8 Å². The number of nitrogens with zero attached hydrogens (tertiary/aromatic N) is 3. The molecule has 2 N–H and O–H groups in total. The van der Waals surface area contributed by atoms with Crippen LogP contribution >= 0.6 is 35.6 Å². The van der Waals surface area contributed by atoms with Gasteiger partial charge in [-0.05, 0) is 70.2 Å². The third-order valence-corrected chi connectivity index (χ3v) is 6.56.